The number of rotatable bonds is 3. The van der Waals surface area contributed by atoms with Crippen molar-refractivity contribution >= 4 is 22.9 Å². The van der Waals surface area contributed by atoms with Crippen molar-refractivity contribution < 1.29 is 0 Å². The summed E-state index contributed by atoms with van der Waals surface area (Å²) in [5.74, 6) is 7.20. The maximum atomic E-state index is 6.18. The third-order valence-electron chi connectivity index (χ3n) is 3.64. The van der Waals surface area contributed by atoms with Gasteiger partial charge in [-0.3, -0.25) is 11.3 Å². The molecular weight excluding hydrogens is 240 g/mol. The molecule has 90 valence electrons. The van der Waals surface area contributed by atoms with E-state index in [-0.39, 0.29) is 6.04 Å². The van der Waals surface area contributed by atoms with Crippen LogP contribution in [0.2, 0.25) is 5.02 Å². The first-order valence-electron chi connectivity index (χ1n) is 5.91. The fraction of sp³-hybridized carbons (Fsp3) is 0.667. The van der Waals surface area contributed by atoms with Gasteiger partial charge in [-0.25, -0.2) is 0 Å². The first kappa shape index (κ1) is 12.4. The molecule has 16 heavy (non-hydrogen) atoms. The fourth-order valence-corrected chi connectivity index (χ4v) is 3.90. The molecule has 0 aliphatic heterocycles. The van der Waals surface area contributed by atoms with Crippen LogP contribution >= 0.6 is 22.9 Å². The van der Waals surface area contributed by atoms with Crippen LogP contribution < -0.4 is 11.3 Å². The molecule has 0 saturated heterocycles. The number of nitrogens with one attached hydrogen (secondary N) is 1. The molecule has 1 atom stereocenters. The fourth-order valence-electron chi connectivity index (χ4n) is 2.57. The summed E-state index contributed by atoms with van der Waals surface area (Å²) in [4.78, 5) is 1.20. The van der Waals surface area contributed by atoms with Gasteiger partial charge < -0.3 is 0 Å². The highest BCUT2D eigenvalue weighted by atomic mass is 35.5. The normalized spacial score (nSPS) is 27.9. The molecule has 0 radical (unpaired) electrons. The van der Waals surface area contributed by atoms with Crippen LogP contribution in [0.1, 0.15) is 43.5 Å². The van der Waals surface area contributed by atoms with Crippen LogP contribution in [0.15, 0.2) is 11.4 Å². The Morgan fingerprint density at radius 2 is 2.12 bits per heavy atom. The van der Waals surface area contributed by atoms with Crippen molar-refractivity contribution in [3.8, 4) is 0 Å². The van der Waals surface area contributed by atoms with Crippen LogP contribution in [0, 0.1) is 11.8 Å². The second-order valence-electron chi connectivity index (χ2n) is 4.80. The van der Waals surface area contributed by atoms with Crippen molar-refractivity contribution in [2.45, 2.75) is 38.6 Å². The van der Waals surface area contributed by atoms with Crippen molar-refractivity contribution in [1.29, 1.82) is 0 Å². The van der Waals surface area contributed by atoms with Gasteiger partial charge in [0.15, 0.2) is 0 Å². The molecule has 1 unspecified atom stereocenters. The summed E-state index contributed by atoms with van der Waals surface area (Å²) in [6, 6.07) is 2.19. The average molecular weight is 259 g/mol. The van der Waals surface area contributed by atoms with Crippen molar-refractivity contribution in [3.63, 3.8) is 0 Å². The standard InChI is InChI=1S/C12H19ClN2S/c1-8-2-4-9(5-3-8)11(15-14)12-10(13)6-7-16-12/h6-9,11,15H,2-5,14H2,1H3. The highest BCUT2D eigenvalue weighted by molar-refractivity contribution is 7.10. The molecule has 4 heteroatoms. The van der Waals surface area contributed by atoms with Crippen molar-refractivity contribution in [2.75, 3.05) is 0 Å². The summed E-state index contributed by atoms with van der Waals surface area (Å²) in [7, 11) is 0. The van der Waals surface area contributed by atoms with Gasteiger partial charge in [-0.1, -0.05) is 31.4 Å². The van der Waals surface area contributed by atoms with Crippen LogP contribution in [0.5, 0.6) is 0 Å². The van der Waals surface area contributed by atoms with Gasteiger partial charge in [0.05, 0.1) is 11.1 Å². The summed E-state index contributed by atoms with van der Waals surface area (Å²) in [6.07, 6.45) is 5.13. The molecule has 1 aliphatic carbocycles. The molecule has 1 aromatic heterocycles. The zero-order valence-corrected chi connectivity index (χ0v) is 11.2. The van der Waals surface area contributed by atoms with Gasteiger partial charge in [0.1, 0.15) is 0 Å². The number of hydrogen-bond acceptors (Lipinski definition) is 3. The summed E-state index contributed by atoms with van der Waals surface area (Å²) in [6.45, 7) is 2.33. The number of hydrogen-bond donors (Lipinski definition) is 2. The Kier molecular flexibility index (Phi) is 4.25. The van der Waals surface area contributed by atoms with E-state index in [0.717, 1.165) is 10.9 Å². The van der Waals surface area contributed by atoms with Gasteiger partial charge in [-0.2, -0.15) is 0 Å². The highest BCUT2D eigenvalue weighted by Crippen LogP contribution is 2.40. The first-order chi connectivity index (χ1) is 7.72. The molecule has 1 aromatic rings. The van der Waals surface area contributed by atoms with Crippen molar-refractivity contribution in [3.05, 3.63) is 21.3 Å². The SMILES string of the molecule is CC1CCC(C(NN)c2sccc2Cl)CC1. The third kappa shape index (κ3) is 2.59. The smallest absolute Gasteiger partial charge is 0.0596 e. The van der Waals surface area contributed by atoms with Crippen molar-refractivity contribution in [2.24, 2.45) is 17.7 Å². The lowest BCUT2D eigenvalue weighted by Gasteiger charge is -2.32. The van der Waals surface area contributed by atoms with Crippen LogP contribution in [-0.4, -0.2) is 0 Å². The van der Waals surface area contributed by atoms with E-state index in [4.69, 9.17) is 17.4 Å². The van der Waals surface area contributed by atoms with Gasteiger partial charge in [0.25, 0.3) is 0 Å². The lowest BCUT2D eigenvalue weighted by molar-refractivity contribution is 0.234. The Hall–Kier alpha value is -0.0900. The maximum absolute atomic E-state index is 6.18. The number of hydrazine groups is 1. The Balaban J connectivity index is 2.08. The van der Waals surface area contributed by atoms with E-state index in [1.165, 1.54) is 30.6 Å². The number of halogens is 1. The van der Waals surface area contributed by atoms with Gasteiger partial charge in [-0.05, 0) is 36.1 Å². The lowest BCUT2D eigenvalue weighted by Crippen LogP contribution is -2.34. The van der Waals surface area contributed by atoms with Crippen LogP contribution in [0.3, 0.4) is 0 Å². The molecule has 0 spiro atoms. The molecule has 0 aromatic carbocycles. The predicted molar refractivity (Wildman–Crippen MR) is 70.5 cm³/mol. The topological polar surface area (TPSA) is 38.0 Å². The highest BCUT2D eigenvalue weighted by Gasteiger charge is 2.28. The van der Waals surface area contributed by atoms with Gasteiger partial charge >= 0.3 is 0 Å². The third-order valence-corrected chi connectivity index (χ3v) is 5.08. The molecule has 1 aliphatic rings. The van der Waals surface area contributed by atoms with Crippen LogP contribution in [-0.2, 0) is 0 Å². The largest absolute Gasteiger partial charge is 0.271 e. The maximum Gasteiger partial charge on any atom is 0.0596 e. The second-order valence-corrected chi connectivity index (χ2v) is 6.15. The lowest BCUT2D eigenvalue weighted by atomic mass is 9.79. The van der Waals surface area contributed by atoms with Gasteiger partial charge in [-0.15, -0.1) is 11.3 Å². The summed E-state index contributed by atoms with van der Waals surface area (Å²) in [5, 5.41) is 2.89. The average Bonchev–Trinajstić information content (AvgIpc) is 2.69. The Labute approximate surface area is 106 Å². The molecule has 1 saturated carbocycles. The molecule has 3 N–H and O–H groups in total. The van der Waals surface area contributed by atoms with E-state index in [2.05, 4.69) is 12.3 Å². The number of thiophene rings is 1. The molecule has 1 heterocycles. The predicted octanol–water partition coefficient (Wildman–Crippen LogP) is 3.73. The zero-order valence-electron chi connectivity index (χ0n) is 9.58. The summed E-state index contributed by atoms with van der Waals surface area (Å²) in [5.41, 5.74) is 2.96. The van der Waals surface area contributed by atoms with E-state index in [1.807, 2.05) is 11.4 Å². The molecule has 2 nitrogen and oxygen atoms in total. The minimum atomic E-state index is 0.236. The Bertz CT molecular complexity index is 332. The molecule has 0 bridgehead atoms. The number of nitrogens with two attached hydrogens (primary N) is 1. The monoisotopic (exact) mass is 258 g/mol. The molecule has 0 amide bonds. The molecule has 1 fully saturated rings. The Morgan fingerprint density at radius 3 is 2.62 bits per heavy atom. The van der Waals surface area contributed by atoms with E-state index in [1.54, 1.807) is 11.3 Å². The second kappa shape index (κ2) is 5.50. The van der Waals surface area contributed by atoms with E-state index < -0.39 is 0 Å². The summed E-state index contributed by atoms with van der Waals surface area (Å²) < 4.78 is 0. The quantitative estimate of drug-likeness (QED) is 0.640. The Morgan fingerprint density at radius 1 is 1.44 bits per heavy atom. The van der Waals surface area contributed by atoms with Gasteiger partial charge in [0, 0.05) is 4.88 Å². The van der Waals surface area contributed by atoms with E-state index in [0.29, 0.717) is 5.92 Å². The summed E-state index contributed by atoms with van der Waals surface area (Å²) >= 11 is 7.88. The molecular formula is C12H19ClN2S. The van der Waals surface area contributed by atoms with Gasteiger partial charge in [0.2, 0.25) is 0 Å². The minimum Gasteiger partial charge on any atom is -0.271 e. The molecule has 2 rings (SSSR count). The minimum absolute atomic E-state index is 0.236. The van der Waals surface area contributed by atoms with Crippen molar-refractivity contribution in [1.82, 2.24) is 5.43 Å². The van der Waals surface area contributed by atoms with E-state index >= 15 is 0 Å². The first-order valence-corrected chi connectivity index (χ1v) is 7.17. The van der Waals surface area contributed by atoms with E-state index in [9.17, 15) is 0 Å². The van der Waals surface area contributed by atoms with Crippen LogP contribution in [0.25, 0.3) is 0 Å². The zero-order chi connectivity index (χ0) is 11.5. The van der Waals surface area contributed by atoms with Crippen LogP contribution in [0.4, 0.5) is 0 Å².